The van der Waals surface area contributed by atoms with Crippen LogP contribution in [0.4, 0.5) is 4.39 Å². The number of hydrogen-bond acceptors (Lipinski definition) is 4. The first-order chi connectivity index (χ1) is 14.9. The van der Waals surface area contributed by atoms with Crippen molar-refractivity contribution in [2.75, 3.05) is 6.54 Å². The number of aliphatic hydroxyl groups excluding tert-OH is 1. The van der Waals surface area contributed by atoms with Crippen molar-refractivity contribution in [3.63, 3.8) is 0 Å². The third kappa shape index (κ3) is 4.46. The number of pyridine rings is 1. The second kappa shape index (κ2) is 8.75. The number of amides is 2. The number of benzene rings is 1. The number of aromatic nitrogens is 1. The van der Waals surface area contributed by atoms with Crippen LogP contribution < -0.4 is 10.6 Å². The van der Waals surface area contributed by atoms with Crippen LogP contribution in [0.3, 0.4) is 0 Å². The fourth-order valence-corrected chi connectivity index (χ4v) is 4.32. The van der Waals surface area contributed by atoms with E-state index in [9.17, 15) is 14.7 Å². The molecule has 6 nitrogen and oxygen atoms in total. The molecule has 7 heteroatoms. The van der Waals surface area contributed by atoms with Crippen molar-refractivity contribution in [3.05, 3.63) is 53.6 Å². The van der Waals surface area contributed by atoms with Crippen molar-refractivity contribution in [2.45, 2.75) is 63.0 Å². The number of nitrogens with zero attached hydrogens (tertiary/aromatic N) is 1. The van der Waals surface area contributed by atoms with Crippen LogP contribution in [0.15, 0.2) is 36.5 Å². The molecule has 0 unspecified atom stereocenters. The SMILES string of the molecule is CCNC(=O)c1ccc(-c2ccc(C3(C(=O)NC4CCC(O)CC4)CC3)c(F)c2)cn1. The van der Waals surface area contributed by atoms with Crippen molar-refractivity contribution in [1.29, 1.82) is 0 Å². The second-order valence-electron chi connectivity index (χ2n) is 8.55. The minimum atomic E-state index is -0.793. The Balaban J connectivity index is 1.48. The molecule has 1 aromatic heterocycles. The van der Waals surface area contributed by atoms with Crippen LogP contribution in [-0.2, 0) is 10.2 Å². The Hall–Kier alpha value is -2.80. The van der Waals surface area contributed by atoms with E-state index in [2.05, 4.69) is 15.6 Å². The zero-order valence-electron chi connectivity index (χ0n) is 17.7. The number of rotatable bonds is 6. The summed E-state index contributed by atoms with van der Waals surface area (Å²) >= 11 is 0. The Morgan fingerprint density at radius 3 is 2.42 bits per heavy atom. The number of aliphatic hydroxyl groups is 1. The predicted octanol–water partition coefficient (Wildman–Crippen LogP) is 3.09. The summed E-state index contributed by atoms with van der Waals surface area (Å²) in [6, 6.07) is 8.32. The van der Waals surface area contributed by atoms with Crippen LogP contribution >= 0.6 is 0 Å². The lowest BCUT2D eigenvalue weighted by Gasteiger charge is -2.28. The van der Waals surface area contributed by atoms with E-state index in [1.165, 1.54) is 6.07 Å². The highest BCUT2D eigenvalue weighted by Crippen LogP contribution is 2.50. The summed E-state index contributed by atoms with van der Waals surface area (Å²) in [7, 11) is 0. The maximum Gasteiger partial charge on any atom is 0.269 e. The van der Waals surface area contributed by atoms with Gasteiger partial charge >= 0.3 is 0 Å². The van der Waals surface area contributed by atoms with Crippen molar-refractivity contribution < 1.29 is 19.1 Å². The molecular weight excluding hydrogens is 397 g/mol. The summed E-state index contributed by atoms with van der Waals surface area (Å²) in [5.41, 5.74) is 1.30. The molecule has 0 radical (unpaired) electrons. The molecule has 0 spiro atoms. The van der Waals surface area contributed by atoms with Gasteiger partial charge in [0.15, 0.2) is 0 Å². The molecule has 2 aliphatic rings. The summed E-state index contributed by atoms with van der Waals surface area (Å²) in [4.78, 5) is 29.0. The summed E-state index contributed by atoms with van der Waals surface area (Å²) in [5.74, 6) is -0.768. The lowest BCUT2D eigenvalue weighted by molar-refractivity contribution is -0.124. The highest BCUT2D eigenvalue weighted by atomic mass is 19.1. The standard InChI is InChI=1S/C24H28FN3O3/c1-2-26-22(30)21-10-4-16(14-27-21)15-3-9-19(20(25)13-15)24(11-12-24)23(31)28-17-5-7-18(29)8-6-17/h3-4,9-10,13-14,17-18,29H,2,5-8,11-12H2,1H3,(H,26,30)(H,28,31). The summed E-state index contributed by atoms with van der Waals surface area (Å²) in [6.07, 6.45) is 5.42. The highest BCUT2D eigenvalue weighted by Gasteiger charge is 2.53. The summed E-state index contributed by atoms with van der Waals surface area (Å²) in [5, 5.41) is 15.4. The average molecular weight is 426 g/mol. The molecule has 2 aliphatic carbocycles. The Bertz CT molecular complexity index is 965. The number of carbonyl (C=O) groups excluding carboxylic acids is 2. The minimum Gasteiger partial charge on any atom is -0.393 e. The summed E-state index contributed by atoms with van der Waals surface area (Å²) < 4.78 is 15.1. The Morgan fingerprint density at radius 2 is 1.84 bits per heavy atom. The third-order valence-corrected chi connectivity index (χ3v) is 6.37. The maximum atomic E-state index is 15.1. The normalized spacial score (nSPS) is 21.9. The predicted molar refractivity (Wildman–Crippen MR) is 115 cm³/mol. The molecule has 1 heterocycles. The zero-order valence-corrected chi connectivity index (χ0v) is 17.7. The Labute approximate surface area is 181 Å². The number of carbonyl (C=O) groups is 2. The van der Waals surface area contributed by atoms with Gasteiger partial charge in [-0.25, -0.2) is 4.39 Å². The number of halogens is 1. The van der Waals surface area contributed by atoms with E-state index in [1.807, 2.05) is 6.92 Å². The monoisotopic (exact) mass is 425 g/mol. The van der Waals surface area contributed by atoms with E-state index in [0.29, 0.717) is 54.6 Å². The molecule has 0 saturated heterocycles. The van der Waals surface area contributed by atoms with Gasteiger partial charge in [-0.3, -0.25) is 14.6 Å². The van der Waals surface area contributed by atoms with Gasteiger partial charge in [-0.1, -0.05) is 18.2 Å². The molecule has 2 saturated carbocycles. The molecule has 1 aromatic carbocycles. The van der Waals surface area contributed by atoms with Gasteiger partial charge in [-0.2, -0.15) is 0 Å². The number of nitrogens with one attached hydrogen (secondary N) is 2. The average Bonchev–Trinajstić information content (AvgIpc) is 3.57. The first kappa shape index (κ1) is 21.4. The fraction of sp³-hybridized carbons (Fsp3) is 0.458. The smallest absolute Gasteiger partial charge is 0.269 e. The van der Waals surface area contributed by atoms with Crippen molar-refractivity contribution in [2.24, 2.45) is 0 Å². The quantitative estimate of drug-likeness (QED) is 0.663. The van der Waals surface area contributed by atoms with E-state index in [-0.39, 0.29) is 24.0 Å². The second-order valence-corrected chi connectivity index (χ2v) is 8.55. The van der Waals surface area contributed by atoms with Crippen LogP contribution in [0.25, 0.3) is 11.1 Å². The maximum absolute atomic E-state index is 15.1. The van der Waals surface area contributed by atoms with Crippen molar-refractivity contribution in [3.8, 4) is 11.1 Å². The van der Waals surface area contributed by atoms with Crippen molar-refractivity contribution >= 4 is 11.8 Å². The van der Waals surface area contributed by atoms with E-state index in [0.717, 1.165) is 12.8 Å². The van der Waals surface area contributed by atoms with Crippen LogP contribution in [0.5, 0.6) is 0 Å². The molecule has 0 bridgehead atoms. The minimum absolute atomic E-state index is 0.0465. The van der Waals surface area contributed by atoms with Gasteiger partial charge in [0.2, 0.25) is 5.91 Å². The molecule has 0 atom stereocenters. The van der Waals surface area contributed by atoms with Crippen LogP contribution in [0.2, 0.25) is 0 Å². The zero-order chi connectivity index (χ0) is 22.0. The first-order valence-corrected chi connectivity index (χ1v) is 11.0. The Morgan fingerprint density at radius 1 is 1.13 bits per heavy atom. The van der Waals surface area contributed by atoms with E-state index < -0.39 is 11.2 Å². The molecule has 31 heavy (non-hydrogen) atoms. The van der Waals surface area contributed by atoms with Gasteiger partial charge in [0.1, 0.15) is 11.5 Å². The molecular formula is C24H28FN3O3. The fourth-order valence-electron chi connectivity index (χ4n) is 4.32. The van der Waals surface area contributed by atoms with Crippen LogP contribution in [0.1, 0.15) is 61.5 Å². The van der Waals surface area contributed by atoms with Gasteiger partial charge in [0.25, 0.3) is 5.91 Å². The van der Waals surface area contributed by atoms with E-state index in [1.54, 1.807) is 30.5 Å². The molecule has 4 rings (SSSR count). The van der Waals surface area contributed by atoms with Crippen LogP contribution in [0, 0.1) is 5.82 Å². The topological polar surface area (TPSA) is 91.3 Å². The van der Waals surface area contributed by atoms with E-state index >= 15 is 4.39 Å². The highest BCUT2D eigenvalue weighted by molar-refractivity contribution is 5.93. The van der Waals surface area contributed by atoms with Gasteiger partial charge in [0.05, 0.1) is 11.5 Å². The first-order valence-electron chi connectivity index (χ1n) is 11.0. The van der Waals surface area contributed by atoms with Gasteiger partial charge in [0, 0.05) is 29.9 Å². The van der Waals surface area contributed by atoms with Gasteiger partial charge in [-0.05, 0) is 63.1 Å². The van der Waals surface area contributed by atoms with Gasteiger partial charge in [-0.15, -0.1) is 0 Å². The van der Waals surface area contributed by atoms with Crippen LogP contribution in [-0.4, -0.2) is 40.6 Å². The molecule has 164 valence electrons. The van der Waals surface area contributed by atoms with E-state index in [4.69, 9.17) is 0 Å². The molecule has 2 fully saturated rings. The molecule has 2 amide bonds. The summed E-state index contributed by atoms with van der Waals surface area (Å²) in [6.45, 7) is 2.36. The van der Waals surface area contributed by atoms with Crippen molar-refractivity contribution in [1.82, 2.24) is 15.6 Å². The molecule has 2 aromatic rings. The van der Waals surface area contributed by atoms with Gasteiger partial charge < -0.3 is 15.7 Å². The third-order valence-electron chi connectivity index (χ3n) is 6.37. The molecule has 3 N–H and O–H groups in total. The lowest BCUT2D eigenvalue weighted by Crippen LogP contribution is -2.44. The number of hydrogen-bond donors (Lipinski definition) is 3. The Kier molecular flexibility index (Phi) is 6.05. The molecule has 0 aliphatic heterocycles. The lowest BCUT2D eigenvalue weighted by atomic mass is 9.89. The largest absolute Gasteiger partial charge is 0.393 e.